The monoisotopic (exact) mass is 325 g/mol. The van der Waals surface area contributed by atoms with E-state index in [2.05, 4.69) is 10.3 Å². The Kier molecular flexibility index (Phi) is 5.24. The average Bonchev–Trinajstić information content (AvgIpc) is 2.92. The van der Waals surface area contributed by atoms with Gasteiger partial charge in [0.05, 0.1) is 34.2 Å². The van der Waals surface area contributed by atoms with Gasteiger partial charge in [-0.3, -0.25) is 9.59 Å². The minimum Gasteiger partial charge on any atom is -0.481 e. The summed E-state index contributed by atoms with van der Waals surface area (Å²) in [5.41, 5.74) is 1.16. The van der Waals surface area contributed by atoms with Gasteiger partial charge in [0.1, 0.15) is 0 Å². The molecule has 6 nitrogen and oxygen atoms in total. The van der Waals surface area contributed by atoms with Crippen molar-refractivity contribution in [1.29, 1.82) is 0 Å². The van der Waals surface area contributed by atoms with Crippen molar-refractivity contribution >= 4 is 40.9 Å². The van der Waals surface area contributed by atoms with Crippen molar-refractivity contribution < 1.29 is 14.7 Å². The van der Waals surface area contributed by atoms with Gasteiger partial charge in [0, 0.05) is 12.4 Å². The Morgan fingerprint density at radius 1 is 1.38 bits per heavy atom. The fourth-order valence-corrected chi connectivity index (χ4v) is 2.49. The molecule has 21 heavy (non-hydrogen) atoms. The predicted molar refractivity (Wildman–Crippen MR) is 82.2 cm³/mol. The summed E-state index contributed by atoms with van der Waals surface area (Å²) in [5.74, 6) is -1.29. The lowest BCUT2D eigenvalue weighted by atomic mass is 10.2. The number of aromatic nitrogens is 2. The Bertz CT molecular complexity index is 646. The van der Waals surface area contributed by atoms with Gasteiger partial charge in [0.25, 0.3) is 0 Å². The van der Waals surface area contributed by atoms with E-state index in [1.54, 1.807) is 41.5 Å². The SMILES string of the molecule is O=C(O)CSCC(=O)Nc1cccc(Cl)c1-n1ccnc1. The molecule has 0 aliphatic heterocycles. The topological polar surface area (TPSA) is 84.2 Å². The minimum absolute atomic E-state index is 0.0577. The maximum absolute atomic E-state index is 11.8. The number of benzene rings is 1. The van der Waals surface area contributed by atoms with Crippen LogP contribution >= 0.6 is 23.4 Å². The second-order valence-electron chi connectivity index (χ2n) is 4.04. The summed E-state index contributed by atoms with van der Waals surface area (Å²) in [4.78, 5) is 26.2. The number of nitrogens with zero attached hydrogens (tertiary/aromatic N) is 2. The molecule has 2 rings (SSSR count). The maximum Gasteiger partial charge on any atom is 0.313 e. The molecule has 2 N–H and O–H groups in total. The lowest BCUT2D eigenvalue weighted by Gasteiger charge is -2.13. The van der Waals surface area contributed by atoms with E-state index in [9.17, 15) is 9.59 Å². The van der Waals surface area contributed by atoms with Crippen molar-refractivity contribution in [2.75, 3.05) is 16.8 Å². The molecule has 0 aliphatic rings. The normalized spacial score (nSPS) is 10.3. The van der Waals surface area contributed by atoms with Crippen LogP contribution in [0.4, 0.5) is 5.69 Å². The molecule has 0 atom stereocenters. The summed E-state index contributed by atoms with van der Waals surface area (Å²) in [6.07, 6.45) is 4.91. The number of halogens is 1. The molecule has 0 saturated carbocycles. The number of carboxylic acid groups (broad SMARTS) is 1. The van der Waals surface area contributed by atoms with Crippen molar-refractivity contribution in [1.82, 2.24) is 9.55 Å². The molecule has 1 amide bonds. The Labute approximate surface area is 130 Å². The zero-order chi connectivity index (χ0) is 15.2. The highest BCUT2D eigenvalue weighted by Gasteiger charge is 2.12. The van der Waals surface area contributed by atoms with Crippen LogP contribution in [0.2, 0.25) is 5.02 Å². The molecule has 0 aliphatic carbocycles. The van der Waals surface area contributed by atoms with E-state index >= 15 is 0 Å². The largest absolute Gasteiger partial charge is 0.481 e. The maximum atomic E-state index is 11.8. The molecule has 1 aromatic carbocycles. The Morgan fingerprint density at radius 2 is 2.19 bits per heavy atom. The summed E-state index contributed by atoms with van der Waals surface area (Å²) in [5, 5.41) is 11.7. The molecule has 0 radical (unpaired) electrons. The number of carbonyl (C=O) groups is 2. The molecule has 0 spiro atoms. The molecule has 0 bridgehead atoms. The fraction of sp³-hybridized carbons (Fsp3) is 0.154. The number of carbonyl (C=O) groups excluding carboxylic acids is 1. The molecule has 8 heteroatoms. The average molecular weight is 326 g/mol. The second-order valence-corrected chi connectivity index (χ2v) is 5.43. The van der Waals surface area contributed by atoms with Gasteiger partial charge in [-0.15, -0.1) is 11.8 Å². The summed E-state index contributed by atoms with van der Waals surface area (Å²) >= 11 is 7.20. The van der Waals surface area contributed by atoms with Crippen LogP contribution in [0.3, 0.4) is 0 Å². The van der Waals surface area contributed by atoms with E-state index in [1.165, 1.54) is 0 Å². The Hall–Kier alpha value is -1.99. The van der Waals surface area contributed by atoms with Crippen LogP contribution in [0.15, 0.2) is 36.9 Å². The quantitative estimate of drug-likeness (QED) is 0.851. The van der Waals surface area contributed by atoms with Gasteiger partial charge in [0.2, 0.25) is 5.91 Å². The first-order valence-corrected chi connectivity index (χ1v) is 7.47. The first kappa shape index (κ1) is 15.4. The van der Waals surface area contributed by atoms with Gasteiger partial charge in [-0.1, -0.05) is 17.7 Å². The van der Waals surface area contributed by atoms with Crippen LogP contribution in [0.1, 0.15) is 0 Å². The number of aliphatic carboxylic acids is 1. The Morgan fingerprint density at radius 3 is 2.86 bits per heavy atom. The lowest BCUT2D eigenvalue weighted by molar-refractivity contribution is -0.133. The zero-order valence-electron chi connectivity index (χ0n) is 10.8. The van der Waals surface area contributed by atoms with E-state index in [-0.39, 0.29) is 17.4 Å². The summed E-state index contributed by atoms with van der Waals surface area (Å²) < 4.78 is 1.70. The zero-order valence-corrected chi connectivity index (χ0v) is 12.4. The number of hydrogen-bond acceptors (Lipinski definition) is 4. The van der Waals surface area contributed by atoms with Crippen LogP contribution in [0.25, 0.3) is 5.69 Å². The summed E-state index contributed by atoms with van der Waals surface area (Å²) in [7, 11) is 0. The molecule has 0 unspecified atom stereocenters. The first-order valence-electron chi connectivity index (χ1n) is 5.94. The van der Waals surface area contributed by atoms with Gasteiger partial charge >= 0.3 is 5.97 Å². The van der Waals surface area contributed by atoms with E-state index in [1.807, 2.05) is 0 Å². The van der Waals surface area contributed by atoms with Crippen molar-refractivity contribution in [3.8, 4) is 5.69 Å². The molecule has 110 valence electrons. The number of nitrogens with one attached hydrogen (secondary N) is 1. The van der Waals surface area contributed by atoms with E-state index in [0.717, 1.165) is 11.8 Å². The van der Waals surface area contributed by atoms with E-state index in [4.69, 9.17) is 16.7 Å². The van der Waals surface area contributed by atoms with Gasteiger partial charge in [-0.2, -0.15) is 0 Å². The fourth-order valence-electron chi connectivity index (χ4n) is 1.69. The highest BCUT2D eigenvalue weighted by atomic mass is 35.5. The number of anilines is 1. The standard InChI is InChI=1S/C13H12ClN3O3S/c14-9-2-1-3-10(13(9)17-5-4-15-8-17)16-11(18)6-21-7-12(19)20/h1-5,8H,6-7H2,(H,16,18)(H,19,20). The van der Waals surface area contributed by atoms with Crippen molar-refractivity contribution in [3.05, 3.63) is 41.9 Å². The molecule has 1 heterocycles. The number of carboxylic acids is 1. The van der Waals surface area contributed by atoms with Crippen LogP contribution in [-0.4, -0.2) is 38.0 Å². The third-order valence-corrected chi connectivity index (χ3v) is 3.70. The summed E-state index contributed by atoms with van der Waals surface area (Å²) in [6.45, 7) is 0. The highest BCUT2D eigenvalue weighted by Crippen LogP contribution is 2.28. The Balaban J connectivity index is 2.12. The number of amides is 1. The van der Waals surface area contributed by atoms with Crippen LogP contribution in [-0.2, 0) is 9.59 Å². The number of para-hydroxylation sites is 1. The number of imidazole rings is 1. The number of hydrogen-bond donors (Lipinski definition) is 2. The van der Waals surface area contributed by atoms with E-state index < -0.39 is 5.97 Å². The molecule has 1 aromatic heterocycles. The smallest absolute Gasteiger partial charge is 0.313 e. The second kappa shape index (κ2) is 7.14. The molecule has 0 saturated heterocycles. The van der Waals surface area contributed by atoms with Gasteiger partial charge in [0.15, 0.2) is 0 Å². The van der Waals surface area contributed by atoms with E-state index in [0.29, 0.717) is 16.4 Å². The number of thioether (sulfide) groups is 1. The third kappa shape index (κ3) is 4.24. The number of rotatable bonds is 6. The third-order valence-electron chi connectivity index (χ3n) is 2.48. The lowest BCUT2D eigenvalue weighted by Crippen LogP contribution is -2.16. The van der Waals surface area contributed by atoms with Crippen molar-refractivity contribution in [2.45, 2.75) is 0 Å². The van der Waals surface area contributed by atoms with Crippen LogP contribution < -0.4 is 5.32 Å². The van der Waals surface area contributed by atoms with Gasteiger partial charge in [-0.25, -0.2) is 4.98 Å². The summed E-state index contributed by atoms with van der Waals surface area (Å²) in [6, 6.07) is 5.16. The molecule has 2 aromatic rings. The van der Waals surface area contributed by atoms with Crippen LogP contribution in [0.5, 0.6) is 0 Å². The van der Waals surface area contributed by atoms with Gasteiger partial charge < -0.3 is 15.0 Å². The molecule has 0 fully saturated rings. The highest BCUT2D eigenvalue weighted by molar-refractivity contribution is 8.00. The van der Waals surface area contributed by atoms with Crippen LogP contribution in [0, 0.1) is 0 Å². The minimum atomic E-state index is -0.949. The molecular formula is C13H12ClN3O3S. The predicted octanol–water partition coefficient (Wildman–Crippen LogP) is 2.28. The van der Waals surface area contributed by atoms with Crippen molar-refractivity contribution in [2.24, 2.45) is 0 Å². The van der Waals surface area contributed by atoms with Gasteiger partial charge in [-0.05, 0) is 12.1 Å². The molecular weight excluding hydrogens is 314 g/mol. The first-order chi connectivity index (χ1) is 10.1. The van der Waals surface area contributed by atoms with Crippen molar-refractivity contribution in [3.63, 3.8) is 0 Å².